The van der Waals surface area contributed by atoms with Crippen molar-refractivity contribution in [1.82, 2.24) is 24.0 Å². The molecule has 4 heterocycles. The van der Waals surface area contributed by atoms with E-state index in [1.165, 1.54) is 12.1 Å². The third-order valence-corrected chi connectivity index (χ3v) is 9.96. The van der Waals surface area contributed by atoms with Gasteiger partial charge in [0.25, 0.3) is 11.8 Å². The van der Waals surface area contributed by atoms with Crippen molar-refractivity contribution >= 4 is 33.9 Å². The quantitative estimate of drug-likeness (QED) is 0.280. The van der Waals surface area contributed by atoms with E-state index < -0.39 is 11.7 Å². The van der Waals surface area contributed by atoms with E-state index in [-0.39, 0.29) is 23.6 Å². The van der Waals surface area contributed by atoms with E-state index >= 15 is 0 Å². The molecule has 8 rings (SSSR count). The van der Waals surface area contributed by atoms with Crippen LogP contribution in [0.2, 0.25) is 0 Å². The molecule has 11 heteroatoms. The number of nitrogens with two attached hydrogens (primary N) is 2. The zero-order chi connectivity index (χ0) is 31.1. The zero-order valence-electron chi connectivity index (χ0n) is 25.2. The van der Waals surface area contributed by atoms with E-state index in [4.69, 9.17) is 26.2 Å². The molecule has 2 saturated carbocycles. The number of likely N-dealkylation sites (tertiary alicyclic amines) is 1. The Morgan fingerprint density at radius 3 is 2.53 bits per heavy atom. The second-order valence-corrected chi connectivity index (χ2v) is 12.7. The number of carbonyl (C=O) groups excluding carboxylic acids is 2. The van der Waals surface area contributed by atoms with E-state index in [1.807, 2.05) is 40.8 Å². The Kier molecular flexibility index (Phi) is 6.25. The second-order valence-electron chi connectivity index (χ2n) is 12.7. The Hall–Kier alpha value is -4.77. The molecule has 0 radical (unpaired) electrons. The number of aromatic nitrogens is 4. The van der Waals surface area contributed by atoms with Crippen molar-refractivity contribution in [2.45, 2.75) is 44.3 Å². The van der Waals surface area contributed by atoms with Gasteiger partial charge in [0.05, 0.1) is 29.6 Å². The number of amides is 2. The molecule has 2 amide bonds. The number of nitrogens with zero attached hydrogens (tertiary/aromatic N) is 5. The molecule has 2 unspecified atom stereocenters. The van der Waals surface area contributed by atoms with Gasteiger partial charge in [0.15, 0.2) is 5.82 Å². The molecule has 5 aromatic rings. The Labute approximate surface area is 258 Å². The molecule has 3 atom stereocenters. The summed E-state index contributed by atoms with van der Waals surface area (Å²) in [7, 11) is 3.56. The lowest BCUT2D eigenvalue weighted by Crippen LogP contribution is -2.41. The van der Waals surface area contributed by atoms with Gasteiger partial charge in [-0.2, -0.15) is 0 Å². The molecular weight excluding hydrogens is 573 g/mol. The number of aryl methyl sites for hydroxylation is 1. The Balaban J connectivity index is 1.23. The summed E-state index contributed by atoms with van der Waals surface area (Å²) in [5.41, 5.74) is 16.4. The molecule has 3 aromatic heterocycles. The maximum Gasteiger partial charge on any atom is 0.254 e. The van der Waals surface area contributed by atoms with Crippen LogP contribution in [0.3, 0.4) is 0 Å². The van der Waals surface area contributed by atoms with Gasteiger partial charge in [0.2, 0.25) is 0 Å². The summed E-state index contributed by atoms with van der Waals surface area (Å²) in [4.78, 5) is 37.2. The van der Waals surface area contributed by atoms with Crippen LogP contribution in [0.5, 0.6) is 5.75 Å². The van der Waals surface area contributed by atoms with Crippen molar-refractivity contribution in [3.05, 3.63) is 65.5 Å². The van der Waals surface area contributed by atoms with E-state index in [1.54, 1.807) is 13.2 Å². The van der Waals surface area contributed by atoms with Crippen LogP contribution in [0.1, 0.15) is 46.4 Å². The highest BCUT2D eigenvalue weighted by molar-refractivity contribution is 6.00. The van der Waals surface area contributed by atoms with Crippen molar-refractivity contribution in [1.29, 1.82) is 0 Å². The number of piperidine rings is 1. The zero-order valence-corrected chi connectivity index (χ0v) is 25.2. The normalized spacial score (nSPS) is 20.9. The van der Waals surface area contributed by atoms with Gasteiger partial charge in [-0.3, -0.25) is 9.59 Å². The number of primary amides is 1. The minimum atomic E-state index is -0.812. The first kappa shape index (κ1) is 27.8. The summed E-state index contributed by atoms with van der Waals surface area (Å²) in [6, 6.07) is 14.0. The number of hydrogen-bond acceptors (Lipinski definition) is 6. The number of methoxy groups -OCH3 is 1. The smallest absolute Gasteiger partial charge is 0.254 e. The maximum absolute atomic E-state index is 14.6. The van der Waals surface area contributed by atoms with Gasteiger partial charge >= 0.3 is 0 Å². The monoisotopic (exact) mass is 607 g/mol. The molecule has 0 spiro atoms. The van der Waals surface area contributed by atoms with Crippen LogP contribution in [-0.2, 0) is 13.6 Å². The number of ether oxygens (including phenoxy) is 1. The minimum absolute atomic E-state index is 0.0371. The van der Waals surface area contributed by atoms with Gasteiger partial charge < -0.3 is 30.2 Å². The molecule has 2 bridgehead atoms. The van der Waals surface area contributed by atoms with Crippen LogP contribution in [0, 0.1) is 17.7 Å². The molecular formula is C34H34FN7O3. The van der Waals surface area contributed by atoms with E-state index in [2.05, 4.69) is 10.6 Å². The number of rotatable bonds is 7. The third kappa shape index (κ3) is 4.40. The van der Waals surface area contributed by atoms with Gasteiger partial charge in [0.1, 0.15) is 22.7 Å². The number of fused-ring (bicyclic) bond motifs is 4. The first-order chi connectivity index (χ1) is 21.7. The van der Waals surface area contributed by atoms with Crippen LogP contribution in [-0.4, -0.2) is 61.6 Å². The number of carbonyl (C=O) groups is 2. The second kappa shape index (κ2) is 10.1. The number of benzene rings is 2. The predicted molar refractivity (Wildman–Crippen MR) is 168 cm³/mol. The fraction of sp³-hybridized carbons (Fsp3) is 0.353. The summed E-state index contributed by atoms with van der Waals surface area (Å²) in [5.74, 6) is 0.681. The Bertz CT molecular complexity index is 2040. The lowest BCUT2D eigenvalue weighted by atomic mass is 10.1. The largest absolute Gasteiger partial charge is 0.494 e. The van der Waals surface area contributed by atoms with Crippen LogP contribution in [0.15, 0.2) is 48.5 Å². The highest BCUT2D eigenvalue weighted by Crippen LogP contribution is 2.40. The van der Waals surface area contributed by atoms with Crippen LogP contribution in [0.25, 0.3) is 44.8 Å². The van der Waals surface area contributed by atoms with Crippen molar-refractivity contribution < 1.29 is 18.7 Å². The molecule has 3 fully saturated rings. The van der Waals surface area contributed by atoms with Crippen LogP contribution >= 0.6 is 0 Å². The average Bonchev–Trinajstić information content (AvgIpc) is 3.44. The highest BCUT2D eigenvalue weighted by atomic mass is 19.1. The molecule has 1 saturated heterocycles. The standard InChI is InChI=1S/C34H34FN7O3/c1-40-30-25(12-21(14-28(30)45-2)34(44)42-16-20-7-10-26(42)29(20)36)39-33(40)27-13-19-6-9-24(38-32(19)41(27)15-17-3-4-17)18-5-8-22(31(37)43)23(35)11-18/h5-6,8-9,11-14,17,20,26,29H,3-4,7,10,15-16,36H2,1-2H3,(H2,37,43)/t20?,26?,29-/m1/s1. The minimum Gasteiger partial charge on any atom is -0.494 e. The highest BCUT2D eigenvalue weighted by Gasteiger charge is 2.47. The molecule has 2 aromatic carbocycles. The number of halogens is 1. The summed E-state index contributed by atoms with van der Waals surface area (Å²) in [6.45, 7) is 1.46. The van der Waals surface area contributed by atoms with Gasteiger partial charge in [-0.25, -0.2) is 14.4 Å². The maximum atomic E-state index is 14.6. The molecule has 10 nitrogen and oxygen atoms in total. The van der Waals surface area contributed by atoms with Crippen molar-refractivity contribution in [3.8, 4) is 28.5 Å². The van der Waals surface area contributed by atoms with Gasteiger partial charge in [-0.05, 0) is 80.0 Å². The van der Waals surface area contributed by atoms with Gasteiger partial charge in [0, 0.05) is 48.7 Å². The van der Waals surface area contributed by atoms with Gasteiger partial charge in [-0.1, -0.05) is 6.07 Å². The van der Waals surface area contributed by atoms with Gasteiger partial charge in [-0.15, -0.1) is 0 Å². The lowest BCUT2D eigenvalue weighted by Gasteiger charge is -2.27. The SMILES string of the molecule is COc1cc(C(=O)N2CC3CCC2[C@@H]3N)cc2nc(-c3cc4ccc(-c5ccc(C(N)=O)c(F)c5)nc4n3CC3CC3)n(C)c12. The lowest BCUT2D eigenvalue weighted by molar-refractivity contribution is 0.0700. The molecule has 2 aliphatic carbocycles. The summed E-state index contributed by atoms with van der Waals surface area (Å²) < 4.78 is 24.6. The van der Waals surface area contributed by atoms with Crippen molar-refractivity contribution in [2.75, 3.05) is 13.7 Å². The third-order valence-electron chi connectivity index (χ3n) is 9.96. The van der Waals surface area contributed by atoms with Crippen LogP contribution < -0.4 is 16.2 Å². The molecule has 3 aliphatic rings. The Morgan fingerprint density at radius 2 is 1.87 bits per heavy atom. The molecule has 4 N–H and O–H groups in total. The number of imidazole rings is 1. The van der Waals surface area contributed by atoms with E-state index in [0.717, 1.165) is 60.3 Å². The molecule has 45 heavy (non-hydrogen) atoms. The summed E-state index contributed by atoms with van der Waals surface area (Å²) in [5, 5.41) is 0.930. The first-order valence-electron chi connectivity index (χ1n) is 15.4. The van der Waals surface area contributed by atoms with Crippen molar-refractivity contribution in [3.63, 3.8) is 0 Å². The summed E-state index contributed by atoms with van der Waals surface area (Å²) in [6.07, 6.45) is 4.30. The molecule has 1 aliphatic heterocycles. The summed E-state index contributed by atoms with van der Waals surface area (Å²) >= 11 is 0. The van der Waals surface area contributed by atoms with E-state index in [0.29, 0.717) is 46.5 Å². The molecule has 230 valence electrons. The number of hydrogen-bond donors (Lipinski definition) is 2. The predicted octanol–water partition coefficient (Wildman–Crippen LogP) is 4.48. The topological polar surface area (TPSA) is 134 Å². The van der Waals surface area contributed by atoms with Crippen LogP contribution in [0.4, 0.5) is 4.39 Å². The number of pyridine rings is 1. The fourth-order valence-corrected chi connectivity index (χ4v) is 7.36. The van der Waals surface area contributed by atoms with E-state index in [9.17, 15) is 14.0 Å². The fourth-order valence-electron chi connectivity index (χ4n) is 7.36. The van der Waals surface area contributed by atoms with Crippen molar-refractivity contribution in [2.24, 2.45) is 30.4 Å². The average molecular weight is 608 g/mol. The first-order valence-corrected chi connectivity index (χ1v) is 15.4. The Morgan fingerprint density at radius 1 is 1.04 bits per heavy atom.